The molecule has 192 valence electrons. The first-order valence-corrected chi connectivity index (χ1v) is 11.8. The summed E-state index contributed by atoms with van der Waals surface area (Å²) in [4.78, 5) is 28.0. The van der Waals surface area contributed by atoms with Crippen LogP contribution in [0.3, 0.4) is 0 Å². The number of benzene rings is 3. The predicted octanol–water partition coefficient (Wildman–Crippen LogP) is 6.00. The number of methoxy groups -OCH3 is 3. The Morgan fingerprint density at radius 2 is 1.59 bits per heavy atom. The smallest absolute Gasteiger partial charge is 0.300 e. The van der Waals surface area contributed by atoms with Gasteiger partial charge in [-0.15, -0.1) is 0 Å². The molecule has 0 aromatic heterocycles. The monoisotopic (exact) mass is 563 g/mol. The molecule has 1 aliphatic rings. The highest BCUT2D eigenvalue weighted by Crippen LogP contribution is 2.48. The van der Waals surface area contributed by atoms with Crippen LogP contribution >= 0.6 is 34.8 Å². The van der Waals surface area contributed by atoms with E-state index in [0.717, 1.165) is 0 Å². The fourth-order valence-electron chi connectivity index (χ4n) is 4.21. The number of carbonyl (C=O) groups excluding carboxylic acids is 2. The Bertz CT molecular complexity index is 1450. The number of anilines is 1. The van der Waals surface area contributed by atoms with Crippen molar-refractivity contribution < 1.29 is 34.0 Å². The van der Waals surface area contributed by atoms with E-state index >= 15 is 0 Å². The minimum atomic E-state index is -1.15. The van der Waals surface area contributed by atoms with Gasteiger partial charge in [-0.1, -0.05) is 46.9 Å². The number of phenolic OH excluding ortho intramolecular Hbond substituents is 1. The number of aromatic hydroxyl groups is 1. The molecule has 1 unspecified atom stereocenters. The number of rotatable bonds is 6. The quantitative estimate of drug-likeness (QED) is 0.215. The zero-order valence-electron chi connectivity index (χ0n) is 19.7. The number of carbonyl (C=O) groups is 2. The second kappa shape index (κ2) is 10.4. The predicted molar refractivity (Wildman–Crippen MR) is 140 cm³/mol. The minimum Gasteiger partial charge on any atom is -0.508 e. The third-order valence-electron chi connectivity index (χ3n) is 5.84. The van der Waals surface area contributed by atoms with E-state index in [-0.39, 0.29) is 49.1 Å². The first kappa shape index (κ1) is 26.5. The molecule has 0 aliphatic carbocycles. The van der Waals surface area contributed by atoms with Crippen LogP contribution in [0.25, 0.3) is 5.76 Å². The molecule has 1 amide bonds. The number of nitrogens with zero attached hydrogens (tertiary/aromatic N) is 1. The zero-order valence-corrected chi connectivity index (χ0v) is 22.0. The average molecular weight is 565 g/mol. The molecule has 1 fully saturated rings. The maximum atomic E-state index is 13.4. The summed E-state index contributed by atoms with van der Waals surface area (Å²) in [7, 11) is 4.12. The van der Waals surface area contributed by atoms with Crippen molar-refractivity contribution in [1.82, 2.24) is 0 Å². The molecule has 8 nitrogen and oxygen atoms in total. The van der Waals surface area contributed by atoms with Crippen molar-refractivity contribution in [1.29, 1.82) is 0 Å². The van der Waals surface area contributed by atoms with Crippen molar-refractivity contribution in [2.75, 3.05) is 26.2 Å². The summed E-state index contributed by atoms with van der Waals surface area (Å²) in [5.74, 6) is -2.16. The van der Waals surface area contributed by atoms with Crippen molar-refractivity contribution in [3.8, 4) is 23.0 Å². The Morgan fingerprint density at radius 3 is 2.19 bits per heavy atom. The maximum Gasteiger partial charge on any atom is 0.300 e. The zero-order chi connectivity index (χ0) is 27.0. The standard InChI is InChI=1S/C26H20Cl3NO7/c1-35-18-8-7-13(10-16(18)27)30-21(12-5-4-6-14(31)9-12)19(23(33)26(30)34)22(32)15-11-17(28)25(37-3)20(29)24(15)36-2/h4-11,21,31-32H,1-3H3/b22-19+. The van der Waals surface area contributed by atoms with Crippen molar-refractivity contribution >= 4 is 57.9 Å². The van der Waals surface area contributed by atoms with Crippen LogP contribution in [0.5, 0.6) is 23.0 Å². The number of ether oxygens (including phenoxy) is 3. The van der Waals surface area contributed by atoms with E-state index in [9.17, 15) is 19.8 Å². The number of ketones is 1. The lowest BCUT2D eigenvalue weighted by Gasteiger charge is -2.26. The molecule has 4 rings (SSSR count). The molecule has 11 heteroatoms. The summed E-state index contributed by atoms with van der Waals surface area (Å²) < 4.78 is 15.8. The van der Waals surface area contributed by atoms with Gasteiger partial charge in [0.1, 0.15) is 22.3 Å². The summed E-state index contributed by atoms with van der Waals surface area (Å²) in [6, 6.07) is 10.7. The van der Waals surface area contributed by atoms with E-state index < -0.39 is 23.5 Å². The van der Waals surface area contributed by atoms with Crippen molar-refractivity contribution in [3.63, 3.8) is 0 Å². The van der Waals surface area contributed by atoms with E-state index in [1.54, 1.807) is 24.3 Å². The highest BCUT2D eigenvalue weighted by molar-refractivity contribution is 6.52. The van der Waals surface area contributed by atoms with Crippen LogP contribution in [0.4, 0.5) is 5.69 Å². The van der Waals surface area contributed by atoms with Crippen LogP contribution in [-0.2, 0) is 9.59 Å². The van der Waals surface area contributed by atoms with Crippen LogP contribution in [0.15, 0.2) is 54.1 Å². The van der Waals surface area contributed by atoms with Gasteiger partial charge in [-0.05, 0) is 42.0 Å². The fourth-order valence-corrected chi connectivity index (χ4v) is 5.14. The third-order valence-corrected chi connectivity index (χ3v) is 6.76. The van der Waals surface area contributed by atoms with Gasteiger partial charge in [-0.25, -0.2) is 0 Å². The van der Waals surface area contributed by atoms with Crippen molar-refractivity contribution in [2.45, 2.75) is 6.04 Å². The number of halogens is 3. The lowest BCUT2D eigenvalue weighted by Crippen LogP contribution is -2.29. The fraction of sp³-hybridized carbons (Fsp3) is 0.154. The van der Waals surface area contributed by atoms with Crippen molar-refractivity contribution in [3.05, 3.63) is 80.3 Å². The van der Waals surface area contributed by atoms with E-state index in [1.165, 1.54) is 50.5 Å². The molecule has 1 atom stereocenters. The molecule has 37 heavy (non-hydrogen) atoms. The maximum absolute atomic E-state index is 13.4. The lowest BCUT2D eigenvalue weighted by molar-refractivity contribution is -0.132. The Balaban J connectivity index is 2.02. The summed E-state index contributed by atoms with van der Waals surface area (Å²) in [6.07, 6.45) is 0. The topological polar surface area (TPSA) is 106 Å². The molecule has 0 bridgehead atoms. The molecule has 3 aromatic rings. The Labute approximate surface area is 227 Å². The van der Waals surface area contributed by atoms with Gasteiger partial charge in [0.2, 0.25) is 0 Å². The second-order valence-electron chi connectivity index (χ2n) is 7.87. The molecule has 3 aromatic carbocycles. The van der Waals surface area contributed by atoms with Gasteiger partial charge >= 0.3 is 0 Å². The highest BCUT2D eigenvalue weighted by atomic mass is 35.5. The molecule has 0 radical (unpaired) electrons. The van der Waals surface area contributed by atoms with Gasteiger partial charge in [0.25, 0.3) is 11.7 Å². The van der Waals surface area contributed by atoms with Crippen LogP contribution < -0.4 is 19.1 Å². The number of hydrogen-bond acceptors (Lipinski definition) is 7. The first-order chi connectivity index (χ1) is 17.6. The van der Waals surface area contributed by atoms with Crippen LogP contribution in [0.1, 0.15) is 17.2 Å². The molecule has 1 heterocycles. The highest BCUT2D eigenvalue weighted by Gasteiger charge is 2.47. The van der Waals surface area contributed by atoms with Gasteiger partial charge in [-0.2, -0.15) is 0 Å². The number of aliphatic hydroxyl groups excluding tert-OH is 1. The number of amides is 1. The van der Waals surface area contributed by atoms with Gasteiger partial charge in [-0.3, -0.25) is 14.5 Å². The Hall–Kier alpha value is -3.59. The molecule has 2 N–H and O–H groups in total. The molecule has 1 saturated heterocycles. The summed E-state index contributed by atoms with van der Waals surface area (Å²) >= 11 is 19.0. The summed E-state index contributed by atoms with van der Waals surface area (Å²) in [6.45, 7) is 0. The SMILES string of the molecule is COc1ccc(N2C(=O)C(=O)/C(=C(/O)c3cc(Cl)c(OC)c(Cl)c3OC)C2c2cccc(O)c2)cc1Cl. The van der Waals surface area contributed by atoms with Crippen LogP contribution in [0.2, 0.25) is 15.1 Å². The van der Waals surface area contributed by atoms with Gasteiger partial charge in [0.15, 0.2) is 11.5 Å². The van der Waals surface area contributed by atoms with Gasteiger partial charge in [0.05, 0.1) is 48.6 Å². The number of Topliss-reactive ketones (excluding diaryl/α,β-unsaturated/α-hetero) is 1. The number of hydrogen-bond donors (Lipinski definition) is 2. The van der Waals surface area contributed by atoms with Gasteiger partial charge < -0.3 is 24.4 Å². The summed E-state index contributed by atoms with van der Waals surface area (Å²) in [5.41, 5.74) is 0.294. The lowest BCUT2D eigenvalue weighted by atomic mass is 9.94. The molecular formula is C26H20Cl3NO7. The number of aliphatic hydroxyl groups is 1. The Kier molecular flexibility index (Phi) is 7.45. The first-order valence-electron chi connectivity index (χ1n) is 10.7. The minimum absolute atomic E-state index is 0.0197. The molecular weight excluding hydrogens is 545 g/mol. The van der Waals surface area contributed by atoms with Crippen molar-refractivity contribution in [2.24, 2.45) is 0 Å². The van der Waals surface area contributed by atoms with E-state index in [2.05, 4.69) is 0 Å². The number of phenols is 1. The molecule has 0 saturated carbocycles. The average Bonchev–Trinajstić information content (AvgIpc) is 3.13. The summed E-state index contributed by atoms with van der Waals surface area (Å²) in [5, 5.41) is 21.8. The molecule has 0 spiro atoms. The van der Waals surface area contributed by atoms with E-state index in [1.807, 2.05) is 0 Å². The largest absolute Gasteiger partial charge is 0.508 e. The van der Waals surface area contributed by atoms with E-state index in [0.29, 0.717) is 11.3 Å². The van der Waals surface area contributed by atoms with Crippen LogP contribution in [0, 0.1) is 0 Å². The Morgan fingerprint density at radius 1 is 0.892 bits per heavy atom. The second-order valence-corrected chi connectivity index (χ2v) is 9.06. The third kappa shape index (κ3) is 4.52. The molecule has 1 aliphatic heterocycles. The van der Waals surface area contributed by atoms with Crippen LogP contribution in [-0.4, -0.2) is 43.2 Å². The van der Waals surface area contributed by atoms with E-state index in [4.69, 9.17) is 49.0 Å². The normalized spacial score (nSPS) is 16.7. The van der Waals surface area contributed by atoms with Gasteiger partial charge in [0, 0.05) is 5.69 Å².